The summed E-state index contributed by atoms with van der Waals surface area (Å²) in [4.78, 5) is 9.45. The minimum absolute atomic E-state index is 0.398. The van der Waals surface area contributed by atoms with E-state index in [0.29, 0.717) is 17.5 Å². The second-order valence-corrected chi connectivity index (χ2v) is 9.26. The molecule has 4 heteroatoms. The Morgan fingerprint density at radius 2 is 1.59 bits per heavy atom. The van der Waals surface area contributed by atoms with Crippen LogP contribution in [0.3, 0.4) is 0 Å². The summed E-state index contributed by atoms with van der Waals surface area (Å²) in [6.07, 6.45) is 3.95. The summed E-state index contributed by atoms with van der Waals surface area (Å²) in [5.74, 6) is 1.69. The van der Waals surface area contributed by atoms with Crippen molar-refractivity contribution in [2.75, 3.05) is 0 Å². The van der Waals surface area contributed by atoms with Gasteiger partial charge in [0.2, 0.25) is 5.71 Å². The van der Waals surface area contributed by atoms with Crippen molar-refractivity contribution in [1.82, 2.24) is 14.5 Å². The number of benzene rings is 2. The van der Waals surface area contributed by atoms with Crippen LogP contribution in [0, 0.1) is 13.8 Å². The molecule has 0 aliphatic rings. The van der Waals surface area contributed by atoms with Crippen molar-refractivity contribution < 1.29 is 4.42 Å². The first-order valence-corrected chi connectivity index (χ1v) is 11.3. The molecule has 2 aromatic carbocycles. The summed E-state index contributed by atoms with van der Waals surface area (Å²) in [7, 11) is 0. The monoisotopic (exact) mass is 423 g/mol. The summed E-state index contributed by atoms with van der Waals surface area (Å²) >= 11 is 0. The quantitative estimate of drug-likeness (QED) is 0.297. The van der Waals surface area contributed by atoms with Crippen LogP contribution in [0.1, 0.15) is 61.9 Å². The molecule has 0 saturated carbocycles. The van der Waals surface area contributed by atoms with E-state index in [1.54, 1.807) is 0 Å². The van der Waals surface area contributed by atoms with Gasteiger partial charge in [0.15, 0.2) is 0 Å². The molecule has 32 heavy (non-hydrogen) atoms. The van der Waals surface area contributed by atoms with Crippen molar-refractivity contribution in [3.8, 4) is 17.1 Å². The van der Waals surface area contributed by atoms with E-state index in [2.05, 4.69) is 86.8 Å². The van der Waals surface area contributed by atoms with Gasteiger partial charge >= 0.3 is 0 Å². The third-order valence-electron chi connectivity index (χ3n) is 6.30. The highest BCUT2D eigenvalue weighted by atomic mass is 16.3. The maximum atomic E-state index is 6.35. The van der Waals surface area contributed by atoms with Gasteiger partial charge in [0.1, 0.15) is 11.4 Å². The average molecular weight is 424 g/mol. The summed E-state index contributed by atoms with van der Waals surface area (Å²) in [6, 6.07) is 15.1. The van der Waals surface area contributed by atoms with Gasteiger partial charge in [0, 0.05) is 28.9 Å². The van der Waals surface area contributed by atoms with Gasteiger partial charge in [0.25, 0.3) is 0 Å². The molecule has 0 amide bonds. The molecule has 0 aliphatic carbocycles. The van der Waals surface area contributed by atoms with Crippen molar-refractivity contribution in [2.45, 2.75) is 53.4 Å². The largest absolute Gasteiger partial charge is 0.437 e. The van der Waals surface area contributed by atoms with Crippen molar-refractivity contribution in [3.63, 3.8) is 0 Å². The third kappa shape index (κ3) is 3.13. The number of para-hydroxylation sites is 1. The number of imidazole rings is 1. The zero-order valence-corrected chi connectivity index (χ0v) is 19.6. The first-order chi connectivity index (χ1) is 15.4. The molecular weight excluding hydrogens is 394 g/mol. The molecule has 5 aromatic rings. The highest BCUT2D eigenvalue weighted by Gasteiger charge is 2.22. The Balaban J connectivity index is 1.83. The molecule has 162 valence electrons. The van der Waals surface area contributed by atoms with Crippen LogP contribution in [0.15, 0.2) is 59.3 Å². The normalized spacial score (nSPS) is 12.0. The van der Waals surface area contributed by atoms with Gasteiger partial charge in [-0.15, -0.1) is 0 Å². The zero-order valence-electron chi connectivity index (χ0n) is 19.6. The Hall–Kier alpha value is -3.40. The second-order valence-electron chi connectivity index (χ2n) is 9.26. The van der Waals surface area contributed by atoms with Gasteiger partial charge in [0.05, 0.1) is 11.3 Å². The fourth-order valence-corrected chi connectivity index (χ4v) is 4.67. The van der Waals surface area contributed by atoms with Crippen molar-refractivity contribution in [3.05, 3.63) is 77.2 Å². The molecule has 0 unspecified atom stereocenters. The van der Waals surface area contributed by atoms with E-state index < -0.39 is 0 Å². The SMILES string of the molecule is Cc1ccc2c(n1)oc1c(-c3nccn3-c3c(C(C)C)cccc3C(C)C)ccc(C)c12. The maximum Gasteiger partial charge on any atom is 0.227 e. The molecule has 3 aromatic heterocycles. The van der Waals surface area contributed by atoms with Crippen molar-refractivity contribution in [2.24, 2.45) is 0 Å². The van der Waals surface area contributed by atoms with Gasteiger partial charge in [-0.3, -0.25) is 4.57 Å². The summed E-state index contributed by atoms with van der Waals surface area (Å²) in [5.41, 5.74) is 8.50. The van der Waals surface area contributed by atoms with Gasteiger partial charge in [-0.25, -0.2) is 9.97 Å². The fourth-order valence-electron chi connectivity index (χ4n) is 4.67. The van der Waals surface area contributed by atoms with E-state index in [1.165, 1.54) is 22.4 Å². The van der Waals surface area contributed by atoms with Crippen LogP contribution < -0.4 is 0 Å². The van der Waals surface area contributed by atoms with E-state index in [0.717, 1.165) is 33.4 Å². The fraction of sp³-hybridized carbons (Fsp3) is 0.286. The van der Waals surface area contributed by atoms with Crippen molar-refractivity contribution in [1.29, 1.82) is 0 Å². The minimum Gasteiger partial charge on any atom is -0.437 e. The number of aromatic nitrogens is 3. The molecule has 4 nitrogen and oxygen atoms in total. The minimum atomic E-state index is 0.398. The molecular formula is C28H29N3O. The van der Waals surface area contributed by atoms with Gasteiger partial charge < -0.3 is 4.42 Å². The molecule has 0 spiro atoms. The van der Waals surface area contributed by atoms with Crippen LogP contribution in [0.5, 0.6) is 0 Å². The first-order valence-electron chi connectivity index (χ1n) is 11.3. The predicted molar refractivity (Wildman–Crippen MR) is 132 cm³/mol. The summed E-state index contributed by atoms with van der Waals surface area (Å²) in [5, 5.41) is 2.16. The van der Waals surface area contributed by atoms with Crippen molar-refractivity contribution >= 4 is 22.1 Å². The van der Waals surface area contributed by atoms with Crippen LogP contribution in [-0.4, -0.2) is 14.5 Å². The van der Waals surface area contributed by atoms with E-state index in [9.17, 15) is 0 Å². The lowest BCUT2D eigenvalue weighted by atomic mass is 9.92. The Morgan fingerprint density at radius 1 is 0.875 bits per heavy atom. The standard InChI is InChI=1S/C28H29N3O/c1-16(2)20-8-7-9-21(17(3)4)25(20)31-15-14-29-27(31)23-12-10-18(5)24-22-13-11-19(6)30-28(22)32-26(23)24/h7-17H,1-6H3. The molecule has 5 rings (SSSR count). The number of hydrogen-bond donors (Lipinski definition) is 0. The molecule has 0 atom stereocenters. The third-order valence-corrected chi connectivity index (χ3v) is 6.30. The van der Waals surface area contributed by atoms with Gasteiger partial charge in [-0.05, 0) is 60.6 Å². The smallest absolute Gasteiger partial charge is 0.227 e. The van der Waals surface area contributed by atoms with Gasteiger partial charge in [-0.2, -0.15) is 0 Å². The first kappa shape index (κ1) is 20.5. The number of aryl methyl sites for hydroxylation is 2. The Kier molecular flexibility index (Phi) is 4.89. The lowest BCUT2D eigenvalue weighted by Crippen LogP contribution is -2.07. The highest BCUT2D eigenvalue weighted by Crippen LogP contribution is 2.39. The predicted octanol–water partition coefficient (Wildman–Crippen LogP) is 7.70. The van der Waals surface area contributed by atoms with Crippen LogP contribution in [0.2, 0.25) is 0 Å². The van der Waals surface area contributed by atoms with Crippen LogP contribution in [0.4, 0.5) is 0 Å². The molecule has 3 heterocycles. The summed E-state index contributed by atoms with van der Waals surface area (Å²) < 4.78 is 8.59. The Labute approximate surface area is 188 Å². The molecule has 0 N–H and O–H groups in total. The lowest BCUT2D eigenvalue weighted by Gasteiger charge is -2.21. The van der Waals surface area contributed by atoms with E-state index in [-0.39, 0.29) is 0 Å². The molecule has 0 saturated heterocycles. The average Bonchev–Trinajstić information content (AvgIpc) is 3.38. The van der Waals surface area contributed by atoms with E-state index in [4.69, 9.17) is 9.40 Å². The number of furan rings is 1. The van der Waals surface area contributed by atoms with Crippen LogP contribution >= 0.6 is 0 Å². The molecule has 0 aliphatic heterocycles. The summed E-state index contributed by atoms with van der Waals surface area (Å²) in [6.45, 7) is 13.1. The van der Waals surface area contributed by atoms with Gasteiger partial charge in [-0.1, -0.05) is 52.0 Å². The molecule has 0 radical (unpaired) electrons. The number of hydrogen-bond acceptors (Lipinski definition) is 3. The number of rotatable bonds is 4. The number of nitrogens with zero attached hydrogens (tertiary/aromatic N) is 3. The second kappa shape index (κ2) is 7.63. The number of pyridine rings is 1. The lowest BCUT2D eigenvalue weighted by molar-refractivity contribution is 0.653. The van der Waals surface area contributed by atoms with Crippen LogP contribution in [-0.2, 0) is 0 Å². The maximum absolute atomic E-state index is 6.35. The van der Waals surface area contributed by atoms with Crippen LogP contribution in [0.25, 0.3) is 39.1 Å². The van der Waals surface area contributed by atoms with E-state index >= 15 is 0 Å². The molecule has 0 bridgehead atoms. The topological polar surface area (TPSA) is 43.9 Å². The Bertz CT molecular complexity index is 1430. The zero-order chi connectivity index (χ0) is 22.6. The van der Waals surface area contributed by atoms with E-state index in [1.807, 2.05) is 19.2 Å². The highest BCUT2D eigenvalue weighted by molar-refractivity contribution is 6.09. The Morgan fingerprint density at radius 3 is 2.28 bits per heavy atom. The number of fused-ring (bicyclic) bond motifs is 3. The molecule has 0 fully saturated rings.